The first-order valence-electron chi connectivity index (χ1n) is 10.1. The van der Waals surface area contributed by atoms with Crippen LogP contribution in [0.2, 0.25) is 0 Å². The van der Waals surface area contributed by atoms with E-state index >= 15 is 0 Å². The monoisotopic (exact) mass is 398 g/mol. The van der Waals surface area contributed by atoms with E-state index in [2.05, 4.69) is 10.1 Å². The van der Waals surface area contributed by atoms with E-state index in [-0.39, 0.29) is 5.91 Å². The molecule has 3 aromatic heterocycles. The molecule has 4 heterocycles. The molecule has 1 aromatic carbocycles. The average Bonchev–Trinajstić information content (AvgIpc) is 3.23. The lowest BCUT2D eigenvalue weighted by atomic mass is 10.0. The van der Waals surface area contributed by atoms with Crippen LogP contribution in [-0.2, 0) is 17.8 Å². The Morgan fingerprint density at radius 3 is 2.67 bits per heavy atom. The van der Waals surface area contributed by atoms with Crippen molar-refractivity contribution in [2.75, 3.05) is 12.3 Å². The van der Waals surface area contributed by atoms with E-state index in [9.17, 15) is 4.79 Å². The number of pyridine rings is 1. The second kappa shape index (κ2) is 7.26. The molecular formula is C23H22N6O. The third-order valence-corrected chi connectivity index (χ3v) is 5.64. The van der Waals surface area contributed by atoms with Gasteiger partial charge in [-0.15, -0.1) is 0 Å². The Hall–Kier alpha value is -3.74. The predicted molar refractivity (Wildman–Crippen MR) is 115 cm³/mol. The third-order valence-electron chi connectivity index (χ3n) is 5.64. The summed E-state index contributed by atoms with van der Waals surface area (Å²) in [6.45, 7) is 3.03. The van der Waals surface area contributed by atoms with Gasteiger partial charge in [0.15, 0.2) is 5.65 Å². The molecule has 1 aliphatic rings. The minimum atomic E-state index is 0.135. The summed E-state index contributed by atoms with van der Waals surface area (Å²) in [6.07, 6.45) is 4.80. The van der Waals surface area contributed by atoms with Gasteiger partial charge in [0, 0.05) is 41.4 Å². The Morgan fingerprint density at radius 1 is 1.10 bits per heavy atom. The van der Waals surface area contributed by atoms with Crippen LogP contribution in [0.15, 0.2) is 54.9 Å². The first kappa shape index (κ1) is 18.3. The molecule has 0 radical (unpaired) electrons. The Kier molecular flexibility index (Phi) is 4.43. The van der Waals surface area contributed by atoms with Crippen LogP contribution >= 0.6 is 0 Å². The Labute approximate surface area is 174 Å². The van der Waals surface area contributed by atoms with Crippen molar-refractivity contribution in [2.45, 2.75) is 26.3 Å². The maximum absolute atomic E-state index is 12.2. The molecule has 0 saturated heterocycles. The molecule has 0 aliphatic carbocycles. The normalized spacial score (nSPS) is 13.4. The number of rotatable bonds is 3. The number of hydrogen-bond donors (Lipinski definition) is 1. The quantitative estimate of drug-likeness (QED) is 0.572. The molecule has 1 amide bonds. The van der Waals surface area contributed by atoms with Crippen LogP contribution in [0.3, 0.4) is 0 Å². The van der Waals surface area contributed by atoms with Crippen LogP contribution in [0.1, 0.15) is 24.6 Å². The largest absolute Gasteiger partial charge is 0.383 e. The van der Waals surface area contributed by atoms with Crippen molar-refractivity contribution in [2.24, 2.45) is 0 Å². The number of carbonyl (C=O) groups excluding carboxylic acids is 1. The van der Waals surface area contributed by atoms with E-state index in [4.69, 9.17) is 10.7 Å². The van der Waals surface area contributed by atoms with Gasteiger partial charge >= 0.3 is 0 Å². The molecule has 5 rings (SSSR count). The first-order chi connectivity index (χ1) is 14.7. The predicted octanol–water partition coefficient (Wildman–Crippen LogP) is 3.34. The summed E-state index contributed by atoms with van der Waals surface area (Å²) in [7, 11) is 0. The van der Waals surface area contributed by atoms with Crippen LogP contribution in [0.5, 0.6) is 0 Å². The molecule has 7 nitrogen and oxygen atoms in total. The average molecular weight is 398 g/mol. The van der Waals surface area contributed by atoms with Gasteiger partial charge in [0.25, 0.3) is 0 Å². The number of fused-ring (bicyclic) bond motifs is 2. The molecule has 0 unspecified atom stereocenters. The second-order valence-electron chi connectivity index (χ2n) is 7.43. The molecule has 4 aromatic rings. The fourth-order valence-corrected chi connectivity index (χ4v) is 3.98. The number of hydrogen-bond acceptors (Lipinski definition) is 5. The van der Waals surface area contributed by atoms with E-state index in [0.717, 1.165) is 33.6 Å². The summed E-state index contributed by atoms with van der Waals surface area (Å²) in [4.78, 5) is 23.5. The van der Waals surface area contributed by atoms with Crippen molar-refractivity contribution < 1.29 is 4.79 Å². The fourth-order valence-electron chi connectivity index (χ4n) is 3.98. The van der Waals surface area contributed by atoms with Gasteiger partial charge in [-0.3, -0.25) is 9.78 Å². The van der Waals surface area contributed by atoms with Crippen molar-refractivity contribution in [1.29, 1.82) is 0 Å². The van der Waals surface area contributed by atoms with Crippen molar-refractivity contribution in [3.63, 3.8) is 0 Å². The highest BCUT2D eigenvalue weighted by atomic mass is 16.2. The molecule has 0 atom stereocenters. The van der Waals surface area contributed by atoms with Gasteiger partial charge < -0.3 is 10.6 Å². The number of benzene rings is 1. The lowest BCUT2D eigenvalue weighted by molar-refractivity contribution is -0.131. The molecule has 0 saturated carbocycles. The van der Waals surface area contributed by atoms with Crippen LogP contribution in [0.25, 0.3) is 28.0 Å². The molecule has 1 aliphatic heterocycles. The van der Waals surface area contributed by atoms with Crippen molar-refractivity contribution in [3.05, 3.63) is 66.1 Å². The molecule has 30 heavy (non-hydrogen) atoms. The highest BCUT2D eigenvalue weighted by Crippen LogP contribution is 2.30. The minimum absolute atomic E-state index is 0.135. The molecule has 0 bridgehead atoms. The van der Waals surface area contributed by atoms with Gasteiger partial charge in [-0.2, -0.15) is 9.61 Å². The number of aromatic nitrogens is 4. The minimum Gasteiger partial charge on any atom is -0.383 e. The molecule has 2 N–H and O–H groups in total. The topological polar surface area (TPSA) is 89.4 Å². The van der Waals surface area contributed by atoms with E-state index in [1.165, 1.54) is 0 Å². The van der Waals surface area contributed by atoms with Crippen LogP contribution in [0.4, 0.5) is 5.82 Å². The molecule has 7 heteroatoms. The number of nitrogens with two attached hydrogens (primary N) is 1. The summed E-state index contributed by atoms with van der Waals surface area (Å²) in [6, 6.07) is 14.1. The summed E-state index contributed by atoms with van der Waals surface area (Å²) in [5, 5.41) is 4.47. The van der Waals surface area contributed by atoms with E-state index in [0.29, 0.717) is 37.4 Å². The Balaban J connectivity index is 1.55. The van der Waals surface area contributed by atoms with Crippen LogP contribution < -0.4 is 5.73 Å². The summed E-state index contributed by atoms with van der Waals surface area (Å²) in [5.41, 5.74) is 12.7. The molecular weight excluding hydrogens is 376 g/mol. The highest BCUT2D eigenvalue weighted by molar-refractivity contribution is 5.80. The van der Waals surface area contributed by atoms with Crippen LogP contribution in [-0.4, -0.2) is 36.9 Å². The van der Waals surface area contributed by atoms with Gasteiger partial charge in [0.05, 0.1) is 24.1 Å². The maximum Gasteiger partial charge on any atom is 0.222 e. The smallest absolute Gasteiger partial charge is 0.222 e. The number of amides is 1. The van der Waals surface area contributed by atoms with E-state index in [1.54, 1.807) is 10.7 Å². The van der Waals surface area contributed by atoms with Gasteiger partial charge in [0.1, 0.15) is 5.82 Å². The number of nitrogen functional groups attached to an aromatic ring is 1. The zero-order valence-corrected chi connectivity index (χ0v) is 16.7. The van der Waals surface area contributed by atoms with E-state index in [1.807, 2.05) is 60.5 Å². The highest BCUT2D eigenvalue weighted by Gasteiger charge is 2.25. The van der Waals surface area contributed by atoms with Crippen LogP contribution in [0, 0.1) is 0 Å². The molecule has 0 fully saturated rings. The number of carbonyl (C=O) groups is 1. The maximum atomic E-state index is 12.2. The number of nitrogens with zero attached hydrogens (tertiary/aromatic N) is 5. The fraction of sp³-hybridized carbons (Fsp3) is 0.217. The molecule has 150 valence electrons. The van der Waals surface area contributed by atoms with Gasteiger partial charge in [0.2, 0.25) is 5.91 Å². The standard InChI is InChI=1S/C23H22N6O/c1-2-21(30)28-11-10-17-20(14-28)27-23-18(13-26-29(23)22(17)24)16-8-9-19(25-12-16)15-6-4-3-5-7-15/h3-9,12-13H,2,10-11,14,24H2,1H3. The Morgan fingerprint density at radius 2 is 1.93 bits per heavy atom. The van der Waals surface area contributed by atoms with Crippen molar-refractivity contribution in [1.82, 2.24) is 24.5 Å². The second-order valence-corrected chi connectivity index (χ2v) is 7.43. The zero-order chi connectivity index (χ0) is 20.7. The van der Waals surface area contributed by atoms with Crippen molar-refractivity contribution >= 4 is 17.4 Å². The SMILES string of the molecule is CCC(=O)N1CCc2c(nc3c(-c4ccc(-c5ccccc5)nc4)cnn3c2N)C1. The van der Waals surface area contributed by atoms with Gasteiger partial charge in [-0.1, -0.05) is 43.3 Å². The first-order valence-corrected chi connectivity index (χ1v) is 10.1. The summed E-state index contributed by atoms with van der Waals surface area (Å²) >= 11 is 0. The lowest BCUT2D eigenvalue weighted by Crippen LogP contribution is -2.36. The molecule has 0 spiro atoms. The van der Waals surface area contributed by atoms with Gasteiger partial charge in [-0.25, -0.2) is 4.98 Å². The van der Waals surface area contributed by atoms with Gasteiger partial charge in [-0.05, 0) is 12.5 Å². The summed E-state index contributed by atoms with van der Waals surface area (Å²) < 4.78 is 1.69. The third kappa shape index (κ3) is 2.99. The van der Waals surface area contributed by atoms with Crippen molar-refractivity contribution in [3.8, 4) is 22.4 Å². The number of anilines is 1. The zero-order valence-electron chi connectivity index (χ0n) is 16.7. The lowest BCUT2D eigenvalue weighted by Gasteiger charge is -2.28. The Bertz CT molecular complexity index is 1230. The summed E-state index contributed by atoms with van der Waals surface area (Å²) in [5.74, 6) is 0.731. The van der Waals surface area contributed by atoms with E-state index < -0.39 is 0 Å².